The second kappa shape index (κ2) is 6.19. The summed E-state index contributed by atoms with van der Waals surface area (Å²) < 4.78 is 0. The molecule has 1 heterocycles. The number of halogens is 1. The molecule has 4 heteroatoms. The van der Waals surface area contributed by atoms with Gasteiger partial charge in [0.05, 0.1) is 6.42 Å². The first-order valence-electron chi connectivity index (χ1n) is 7.12. The van der Waals surface area contributed by atoms with Gasteiger partial charge in [-0.05, 0) is 54.3 Å². The molecule has 1 amide bonds. The Kier molecular flexibility index (Phi) is 4.11. The molecule has 0 aliphatic carbocycles. The predicted octanol–water partition coefficient (Wildman–Crippen LogP) is 3.88. The van der Waals surface area contributed by atoms with Crippen molar-refractivity contribution in [3.8, 4) is 0 Å². The Morgan fingerprint density at radius 3 is 2.81 bits per heavy atom. The topological polar surface area (TPSA) is 41.1 Å². The SMILES string of the molecule is O=C(Cc1ccc(Cl)cc1)Nc1ccc2c(c1)CCCN2. The lowest BCUT2D eigenvalue weighted by Gasteiger charge is -2.18. The van der Waals surface area contributed by atoms with Crippen molar-refractivity contribution in [1.82, 2.24) is 0 Å². The zero-order chi connectivity index (χ0) is 14.7. The van der Waals surface area contributed by atoms with Gasteiger partial charge in [-0.25, -0.2) is 0 Å². The summed E-state index contributed by atoms with van der Waals surface area (Å²) >= 11 is 5.84. The molecule has 0 spiro atoms. The minimum Gasteiger partial charge on any atom is -0.385 e. The Balaban J connectivity index is 1.65. The van der Waals surface area contributed by atoms with Gasteiger partial charge in [-0.3, -0.25) is 4.79 Å². The molecule has 0 fully saturated rings. The molecule has 0 aromatic heterocycles. The summed E-state index contributed by atoms with van der Waals surface area (Å²) in [6.07, 6.45) is 2.55. The number of rotatable bonds is 3. The van der Waals surface area contributed by atoms with Gasteiger partial charge in [0.15, 0.2) is 0 Å². The van der Waals surface area contributed by atoms with Crippen LogP contribution in [-0.2, 0) is 17.6 Å². The Morgan fingerprint density at radius 2 is 2.00 bits per heavy atom. The van der Waals surface area contributed by atoms with Crippen molar-refractivity contribution < 1.29 is 4.79 Å². The van der Waals surface area contributed by atoms with Crippen LogP contribution >= 0.6 is 11.6 Å². The lowest BCUT2D eigenvalue weighted by Crippen LogP contribution is -2.16. The molecule has 3 nitrogen and oxygen atoms in total. The number of carbonyl (C=O) groups excluding carboxylic acids is 1. The lowest BCUT2D eigenvalue weighted by atomic mass is 10.0. The number of nitrogens with one attached hydrogen (secondary N) is 2. The summed E-state index contributed by atoms with van der Waals surface area (Å²) in [7, 11) is 0. The summed E-state index contributed by atoms with van der Waals surface area (Å²) in [5, 5.41) is 7.00. The number of aryl methyl sites for hydroxylation is 1. The molecule has 2 aromatic rings. The number of hydrogen-bond acceptors (Lipinski definition) is 2. The molecular weight excluding hydrogens is 284 g/mol. The van der Waals surface area contributed by atoms with Crippen LogP contribution in [0.4, 0.5) is 11.4 Å². The van der Waals surface area contributed by atoms with E-state index in [0.717, 1.165) is 30.6 Å². The summed E-state index contributed by atoms with van der Waals surface area (Å²) in [6.45, 7) is 1.02. The molecule has 0 saturated carbocycles. The fourth-order valence-corrected chi connectivity index (χ4v) is 2.67. The van der Waals surface area contributed by atoms with E-state index in [1.54, 1.807) is 12.1 Å². The first-order chi connectivity index (χ1) is 10.2. The van der Waals surface area contributed by atoms with Crippen LogP contribution in [0.15, 0.2) is 42.5 Å². The van der Waals surface area contributed by atoms with Crippen molar-refractivity contribution in [3.05, 3.63) is 58.6 Å². The molecule has 108 valence electrons. The molecule has 0 radical (unpaired) electrons. The third-order valence-corrected chi connectivity index (χ3v) is 3.86. The van der Waals surface area contributed by atoms with Crippen LogP contribution in [0, 0.1) is 0 Å². The number of anilines is 2. The summed E-state index contributed by atoms with van der Waals surface area (Å²) in [4.78, 5) is 12.1. The minimum atomic E-state index is -0.0129. The zero-order valence-corrected chi connectivity index (χ0v) is 12.4. The van der Waals surface area contributed by atoms with Gasteiger partial charge in [0.25, 0.3) is 0 Å². The maximum atomic E-state index is 12.1. The van der Waals surface area contributed by atoms with Gasteiger partial charge in [0, 0.05) is 22.9 Å². The van der Waals surface area contributed by atoms with E-state index in [1.807, 2.05) is 24.3 Å². The fraction of sp³-hybridized carbons (Fsp3) is 0.235. The molecule has 3 rings (SSSR count). The molecular formula is C17H17ClN2O. The largest absolute Gasteiger partial charge is 0.385 e. The third-order valence-electron chi connectivity index (χ3n) is 3.61. The second-order valence-corrected chi connectivity index (χ2v) is 5.69. The van der Waals surface area contributed by atoms with Crippen LogP contribution in [0.3, 0.4) is 0 Å². The van der Waals surface area contributed by atoms with Crippen molar-refractivity contribution in [2.75, 3.05) is 17.2 Å². The van der Waals surface area contributed by atoms with Gasteiger partial charge >= 0.3 is 0 Å². The molecule has 2 aromatic carbocycles. The Hall–Kier alpha value is -2.00. The smallest absolute Gasteiger partial charge is 0.228 e. The monoisotopic (exact) mass is 300 g/mol. The molecule has 1 aliphatic rings. The minimum absolute atomic E-state index is 0.0129. The van der Waals surface area contributed by atoms with E-state index >= 15 is 0 Å². The maximum Gasteiger partial charge on any atom is 0.228 e. The molecule has 2 N–H and O–H groups in total. The quantitative estimate of drug-likeness (QED) is 0.903. The van der Waals surface area contributed by atoms with Crippen LogP contribution in [0.2, 0.25) is 5.02 Å². The number of carbonyl (C=O) groups is 1. The van der Waals surface area contributed by atoms with Crippen LogP contribution in [0.5, 0.6) is 0 Å². The van der Waals surface area contributed by atoms with E-state index in [2.05, 4.69) is 16.7 Å². The van der Waals surface area contributed by atoms with E-state index < -0.39 is 0 Å². The predicted molar refractivity (Wildman–Crippen MR) is 87.0 cm³/mol. The first kappa shape index (κ1) is 14.0. The van der Waals surface area contributed by atoms with Crippen molar-refractivity contribution >= 4 is 28.9 Å². The standard InChI is InChI=1S/C17H17ClN2O/c18-14-5-3-12(4-6-14)10-17(21)20-15-7-8-16-13(11-15)2-1-9-19-16/h3-8,11,19H,1-2,9-10H2,(H,20,21). The average molecular weight is 301 g/mol. The van der Waals surface area contributed by atoms with Crippen LogP contribution < -0.4 is 10.6 Å². The van der Waals surface area contributed by atoms with Gasteiger partial charge in [-0.1, -0.05) is 23.7 Å². The van der Waals surface area contributed by atoms with Crippen molar-refractivity contribution in [2.24, 2.45) is 0 Å². The molecule has 0 bridgehead atoms. The number of fused-ring (bicyclic) bond motifs is 1. The Labute approximate surface area is 129 Å². The third kappa shape index (κ3) is 3.56. The first-order valence-corrected chi connectivity index (χ1v) is 7.49. The van der Waals surface area contributed by atoms with Gasteiger partial charge < -0.3 is 10.6 Å². The van der Waals surface area contributed by atoms with Crippen LogP contribution in [0.1, 0.15) is 17.5 Å². The molecule has 1 aliphatic heterocycles. The Morgan fingerprint density at radius 1 is 1.19 bits per heavy atom. The second-order valence-electron chi connectivity index (χ2n) is 5.25. The van der Waals surface area contributed by atoms with Gasteiger partial charge in [0.1, 0.15) is 0 Å². The zero-order valence-electron chi connectivity index (χ0n) is 11.7. The molecule has 0 atom stereocenters. The summed E-state index contributed by atoms with van der Waals surface area (Å²) in [6, 6.07) is 13.4. The normalized spacial score (nSPS) is 13.2. The van der Waals surface area contributed by atoms with Gasteiger partial charge in [-0.15, -0.1) is 0 Å². The van der Waals surface area contributed by atoms with E-state index in [0.29, 0.717) is 11.4 Å². The highest BCUT2D eigenvalue weighted by Crippen LogP contribution is 2.25. The Bertz CT molecular complexity index is 652. The van der Waals surface area contributed by atoms with E-state index in [-0.39, 0.29) is 5.91 Å². The maximum absolute atomic E-state index is 12.1. The highest BCUT2D eigenvalue weighted by atomic mass is 35.5. The van der Waals surface area contributed by atoms with Gasteiger partial charge in [-0.2, -0.15) is 0 Å². The average Bonchev–Trinajstić information content (AvgIpc) is 2.49. The van der Waals surface area contributed by atoms with E-state index in [9.17, 15) is 4.79 Å². The lowest BCUT2D eigenvalue weighted by molar-refractivity contribution is -0.115. The highest BCUT2D eigenvalue weighted by Gasteiger charge is 2.10. The number of amides is 1. The summed E-state index contributed by atoms with van der Waals surface area (Å²) in [5.41, 5.74) is 4.26. The van der Waals surface area contributed by atoms with Gasteiger partial charge in [0.2, 0.25) is 5.91 Å². The molecule has 0 saturated heterocycles. The number of hydrogen-bond donors (Lipinski definition) is 2. The van der Waals surface area contributed by atoms with Crippen LogP contribution in [-0.4, -0.2) is 12.5 Å². The molecule has 0 unspecified atom stereocenters. The van der Waals surface area contributed by atoms with E-state index in [4.69, 9.17) is 11.6 Å². The van der Waals surface area contributed by atoms with E-state index in [1.165, 1.54) is 11.3 Å². The van der Waals surface area contributed by atoms with Crippen LogP contribution in [0.25, 0.3) is 0 Å². The molecule has 21 heavy (non-hydrogen) atoms. The van der Waals surface area contributed by atoms with Crippen molar-refractivity contribution in [1.29, 1.82) is 0 Å². The fourth-order valence-electron chi connectivity index (χ4n) is 2.55. The van der Waals surface area contributed by atoms with Crippen molar-refractivity contribution in [2.45, 2.75) is 19.3 Å². The number of benzene rings is 2. The highest BCUT2D eigenvalue weighted by molar-refractivity contribution is 6.30. The van der Waals surface area contributed by atoms with Crippen molar-refractivity contribution in [3.63, 3.8) is 0 Å². The summed E-state index contributed by atoms with van der Waals surface area (Å²) in [5.74, 6) is -0.0129.